The minimum Gasteiger partial charge on any atom is -0.341 e. The zero-order chi connectivity index (χ0) is 13.2. The summed E-state index contributed by atoms with van der Waals surface area (Å²) >= 11 is 5.36. The van der Waals surface area contributed by atoms with Crippen molar-refractivity contribution in [3.8, 4) is 0 Å². The number of H-pyrrole nitrogens is 1. The first-order valence-electron chi connectivity index (χ1n) is 5.85. The highest BCUT2D eigenvalue weighted by molar-refractivity contribution is 9.09. The van der Waals surface area contributed by atoms with Gasteiger partial charge in [0.05, 0.1) is 6.33 Å². The van der Waals surface area contributed by atoms with Crippen LogP contribution >= 0.6 is 27.7 Å². The van der Waals surface area contributed by atoms with Crippen LogP contribution < -0.4 is 0 Å². The highest BCUT2D eigenvalue weighted by Crippen LogP contribution is 2.33. The normalized spacial score (nSPS) is 14.0. The summed E-state index contributed by atoms with van der Waals surface area (Å²) in [5, 5.41) is 1.98. The van der Waals surface area contributed by atoms with Gasteiger partial charge in [0.15, 0.2) is 5.65 Å². The third-order valence-electron chi connectivity index (χ3n) is 3.02. The lowest BCUT2D eigenvalue weighted by Crippen LogP contribution is -2.24. The topological polar surface area (TPSA) is 54.5 Å². The van der Waals surface area contributed by atoms with Gasteiger partial charge < -0.3 is 4.98 Å². The number of hydrogen-bond donors (Lipinski definition) is 1. The second-order valence-corrected chi connectivity index (χ2v) is 6.96. The zero-order valence-electron chi connectivity index (χ0n) is 10.8. The van der Waals surface area contributed by atoms with E-state index < -0.39 is 0 Å². The van der Waals surface area contributed by atoms with E-state index in [1.807, 2.05) is 0 Å². The third kappa shape index (κ3) is 3.03. The molecule has 1 unspecified atom stereocenters. The summed E-state index contributed by atoms with van der Waals surface area (Å²) < 4.78 is 0. The molecule has 0 bridgehead atoms. The molecule has 2 aromatic heterocycles. The molecule has 0 radical (unpaired) electrons. The molecular formula is C12H17BrN4S. The second kappa shape index (κ2) is 5.57. The standard InChI is InChI=1S/C12H17BrN4S/c1-12(2,3)8(4-13)5-18-11-9-10(15-6-14-9)16-7-17-11/h6-8H,4-5H2,1-3H3,(H,14,15,16,17). The fraction of sp³-hybridized carbons (Fsp3) is 0.583. The minimum absolute atomic E-state index is 0.288. The van der Waals surface area contributed by atoms with Crippen LogP contribution in [0.15, 0.2) is 17.7 Å². The Labute approximate surface area is 120 Å². The maximum absolute atomic E-state index is 4.33. The van der Waals surface area contributed by atoms with Crippen molar-refractivity contribution in [2.24, 2.45) is 11.3 Å². The molecule has 18 heavy (non-hydrogen) atoms. The number of thioether (sulfide) groups is 1. The predicted molar refractivity (Wildman–Crippen MR) is 79.1 cm³/mol. The van der Waals surface area contributed by atoms with Crippen LogP contribution in [0.3, 0.4) is 0 Å². The fourth-order valence-electron chi connectivity index (χ4n) is 1.56. The molecule has 6 heteroatoms. The highest BCUT2D eigenvalue weighted by Gasteiger charge is 2.24. The molecule has 0 fully saturated rings. The van der Waals surface area contributed by atoms with Crippen molar-refractivity contribution < 1.29 is 0 Å². The molecule has 0 spiro atoms. The highest BCUT2D eigenvalue weighted by atomic mass is 79.9. The first-order valence-corrected chi connectivity index (χ1v) is 7.96. The molecule has 0 aliphatic rings. The van der Waals surface area contributed by atoms with Crippen LogP contribution in [-0.2, 0) is 0 Å². The van der Waals surface area contributed by atoms with E-state index in [0.29, 0.717) is 5.92 Å². The van der Waals surface area contributed by atoms with Gasteiger partial charge in [-0.15, -0.1) is 11.8 Å². The smallest absolute Gasteiger partial charge is 0.181 e. The molecular weight excluding hydrogens is 312 g/mol. The summed E-state index contributed by atoms with van der Waals surface area (Å²) in [4.78, 5) is 15.7. The molecule has 0 aromatic carbocycles. The summed E-state index contributed by atoms with van der Waals surface area (Å²) in [6.45, 7) is 6.81. The maximum atomic E-state index is 4.33. The number of rotatable bonds is 4. The van der Waals surface area contributed by atoms with Gasteiger partial charge in [-0.2, -0.15) is 0 Å². The van der Waals surface area contributed by atoms with Gasteiger partial charge in [-0.3, -0.25) is 0 Å². The van der Waals surface area contributed by atoms with Gasteiger partial charge in [-0.25, -0.2) is 15.0 Å². The van der Waals surface area contributed by atoms with Gasteiger partial charge in [0, 0.05) is 11.1 Å². The van der Waals surface area contributed by atoms with Gasteiger partial charge in [0.1, 0.15) is 16.9 Å². The number of fused-ring (bicyclic) bond motifs is 1. The number of alkyl halides is 1. The van der Waals surface area contributed by atoms with Crippen molar-refractivity contribution >= 4 is 38.9 Å². The summed E-state index contributed by atoms with van der Waals surface area (Å²) in [6, 6.07) is 0. The largest absolute Gasteiger partial charge is 0.341 e. The maximum Gasteiger partial charge on any atom is 0.181 e. The SMILES string of the molecule is CC(C)(C)C(CBr)CSc1ncnc2nc[nH]c12. The average Bonchev–Trinajstić information content (AvgIpc) is 2.76. The average molecular weight is 329 g/mol. The first kappa shape index (κ1) is 13.8. The number of hydrogen-bond acceptors (Lipinski definition) is 4. The molecule has 2 heterocycles. The minimum atomic E-state index is 0.288. The molecule has 0 aliphatic carbocycles. The molecule has 0 amide bonds. The number of halogens is 1. The van der Waals surface area contributed by atoms with Crippen molar-refractivity contribution in [2.75, 3.05) is 11.1 Å². The van der Waals surface area contributed by atoms with Gasteiger partial charge in [0.25, 0.3) is 0 Å². The quantitative estimate of drug-likeness (QED) is 0.530. The molecule has 2 aromatic rings. The van der Waals surface area contributed by atoms with Crippen LogP contribution in [0.5, 0.6) is 0 Å². The Morgan fingerprint density at radius 1 is 1.33 bits per heavy atom. The Balaban J connectivity index is 2.12. The summed E-state index contributed by atoms with van der Waals surface area (Å²) in [5.74, 6) is 1.62. The van der Waals surface area contributed by atoms with E-state index in [2.05, 4.69) is 56.6 Å². The van der Waals surface area contributed by atoms with Crippen molar-refractivity contribution in [1.82, 2.24) is 19.9 Å². The molecule has 98 valence electrons. The van der Waals surface area contributed by atoms with Crippen LogP contribution in [0, 0.1) is 11.3 Å². The number of aromatic amines is 1. The number of nitrogens with one attached hydrogen (secondary N) is 1. The molecule has 0 aliphatic heterocycles. The molecule has 2 rings (SSSR count). The number of imidazole rings is 1. The van der Waals surface area contributed by atoms with Gasteiger partial charge in [-0.1, -0.05) is 36.7 Å². The summed E-state index contributed by atoms with van der Waals surface area (Å²) in [6.07, 6.45) is 3.24. The van der Waals surface area contributed by atoms with Crippen LogP contribution in [0.2, 0.25) is 0 Å². The van der Waals surface area contributed by atoms with Crippen molar-refractivity contribution in [3.05, 3.63) is 12.7 Å². The van der Waals surface area contributed by atoms with E-state index in [1.54, 1.807) is 24.4 Å². The van der Waals surface area contributed by atoms with Crippen LogP contribution in [0.25, 0.3) is 11.2 Å². The van der Waals surface area contributed by atoms with Gasteiger partial charge in [0.2, 0.25) is 0 Å². The van der Waals surface area contributed by atoms with Crippen molar-refractivity contribution in [2.45, 2.75) is 25.8 Å². The molecule has 1 N–H and O–H groups in total. The predicted octanol–water partition coefficient (Wildman–Crippen LogP) is 3.50. The van der Waals surface area contributed by atoms with E-state index >= 15 is 0 Å². The van der Waals surface area contributed by atoms with E-state index in [1.165, 1.54) is 0 Å². The number of nitrogens with zero attached hydrogens (tertiary/aromatic N) is 3. The monoisotopic (exact) mass is 328 g/mol. The lowest BCUT2D eigenvalue weighted by atomic mass is 9.83. The van der Waals surface area contributed by atoms with E-state index in [9.17, 15) is 0 Å². The Hall–Kier alpha value is -0.620. The van der Waals surface area contributed by atoms with Gasteiger partial charge >= 0.3 is 0 Å². The lowest BCUT2D eigenvalue weighted by Gasteiger charge is -2.28. The fourth-order valence-corrected chi connectivity index (χ4v) is 4.45. The zero-order valence-corrected chi connectivity index (χ0v) is 13.2. The summed E-state index contributed by atoms with van der Waals surface area (Å²) in [5.41, 5.74) is 1.96. The van der Waals surface area contributed by atoms with E-state index in [-0.39, 0.29) is 5.41 Å². The Kier molecular flexibility index (Phi) is 4.27. The van der Waals surface area contributed by atoms with E-state index in [0.717, 1.165) is 27.3 Å². The Morgan fingerprint density at radius 3 is 2.78 bits per heavy atom. The summed E-state index contributed by atoms with van der Waals surface area (Å²) in [7, 11) is 0. The molecule has 0 saturated heterocycles. The first-order chi connectivity index (χ1) is 8.52. The Bertz CT molecular complexity index is 520. The molecule has 4 nitrogen and oxygen atoms in total. The molecule has 0 saturated carbocycles. The van der Waals surface area contributed by atoms with E-state index in [4.69, 9.17) is 0 Å². The Morgan fingerprint density at radius 2 is 2.11 bits per heavy atom. The second-order valence-electron chi connectivity index (χ2n) is 5.31. The third-order valence-corrected chi connectivity index (χ3v) is 4.95. The van der Waals surface area contributed by atoms with Gasteiger partial charge in [-0.05, 0) is 11.3 Å². The van der Waals surface area contributed by atoms with Crippen LogP contribution in [0.4, 0.5) is 0 Å². The van der Waals surface area contributed by atoms with Crippen LogP contribution in [0.1, 0.15) is 20.8 Å². The van der Waals surface area contributed by atoms with Crippen molar-refractivity contribution in [1.29, 1.82) is 0 Å². The van der Waals surface area contributed by atoms with Crippen LogP contribution in [-0.4, -0.2) is 31.0 Å². The molecule has 1 atom stereocenters. The van der Waals surface area contributed by atoms with Crippen molar-refractivity contribution in [3.63, 3.8) is 0 Å². The lowest BCUT2D eigenvalue weighted by molar-refractivity contribution is 0.295. The number of aromatic nitrogens is 4.